The summed E-state index contributed by atoms with van der Waals surface area (Å²) < 4.78 is 4.92. The van der Waals surface area contributed by atoms with Gasteiger partial charge in [-0.1, -0.05) is 88.8 Å². The normalized spacial score (nSPS) is 11.9. The van der Waals surface area contributed by atoms with Gasteiger partial charge in [-0.05, 0) is 37.1 Å². The van der Waals surface area contributed by atoms with Gasteiger partial charge in [0.15, 0.2) is 0 Å². The summed E-state index contributed by atoms with van der Waals surface area (Å²) in [7, 11) is 0. The molecule has 0 radical (unpaired) electrons. The van der Waals surface area contributed by atoms with Crippen LogP contribution in [0.15, 0.2) is 73.1 Å². The van der Waals surface area contributed by atoms with Gasteiger partial charge in [0.1, 0.15) is 0 Å². The highest BCUT2D eigenvalue weighted by molar-refractivity contribution is 6.10. The van der Waals surface area contributed by atoms with Crippen LogP contribution in [0.3, 0.4) is 0 Å². The van der Waals surface area contributed by atoms with E-state index >= 15 is 0 Å². The van der Waals surface area contributed by atoms with E-state index in [2.05, 4.69) is 96.0 Å². The Morgan fingerprint density at radius 2 is 0.947 bits per heavy atom. The molecule has 4 heterocycles. The van der Waals surface area contributed by atoms with Crippen LogP contribution < -0.4 is 0 Å². The standard InChI is InChI=1S/C34H38N4/c1-3-5-7-13-19-37-31-17-11-9-15-25(31)27-21-29(35-23-33(27)37)30-22-28-26-16-10-12-18-32(26)38(34(28)24-36-30)20-14-8-6-4-2/h9-12,15-18,21-24H,3-8,13-14,19-20H2,1-2H3. The fourth-order valence-electron chi connectivity index (χ4n) is 6.05. The number of hydrogen-bond acceptors (Lipinski definition) is 2. The summed E-state index contributed by atoms with van der Waals surface area (Å²) in [6.07, 6.45) is 14.2. The highest BCUT2D eigenvalue weighted by atomic mass is 15.0. The molecule has 6 rings (SSSR count). The molecule has 0 fully saturated rings. The van der Waals surface area contributed by atoms with Crippen LogP contribution in [0.1, 0.15) is 65.2 Å². The number of fused-ring (bicyclic) bond motifs is 6. The molecular weight excluding hydrogens is 464 g/mol. The lowest BCUT2D eigenvalue weighted by Gasteiger charge is -2.08. The fourth-order valence-corrected chi connectivity index (χ4v) is 6.05. The maximum atomic E-state index is 4.95. The second kappa shape index (κ2) is 11.0. The summed E-state index contributed by atoms with van der Waals surface area (Å²) in [5.74, 6) is 0. The van der Waals surface area contributed by atoms with Crippen LogP contribution in [-0.2, 0) is 13.1 Å². The first-order chi connectivity index (χ1) is 18.8. The predicted molar refractivity (Wildman–Crippen MR) is 162 cm³/mol. The van der Waals surface area contributed by atoms with E-state index in [4.69, 9.17) is 9.97 Å². The second-order valence-corrected chi connectivity index (χ2v) is 10.6. The van der Waals surface area contributed by atoms with E-state index in [1.165, 1.54) is 95.0 Å². The fraction of sp³-hybridized carbons (Fsp3) is 0.353. The van der Waals surface area contributed by atoms with Crippen molar-refractivity contribution in [3.63, 3.8) is 0 Å². The second-order valence-electron chi connectivity index (χ2n) is 10.6. The van der Waals surface area contributed by atoms with Crippen molar-refractivity contribution in [3.05, 3.63) is 73.1 Å². The molecule has 0 atom stereocenters. The summed E-state index contributed by atoms with van der Waals surface area (Å²) in [5, 5.41) is 5.13. The van der Waals surface area contributed by atoms with Crippen LogP contribution in [0.4, 0.5) is 0 Å². The quantitative estimate of drug-likeness (QED) is 0.165. The van der Waals surface area contributed by atoms with Gasteiger partial charge in [-0.25, -0.2) is 0 Å². The smallest absolute Gasteiger partial charge is 0.0894 e. The first-order valence-corrected chi connectivity index (χ1v) is 14.5. The molecule has 0 saturated heterocycles. The topological polar surface area (TPSA) is 35.6 Å². The Morgan fingerprint density at radius 3 is 1.39 bits per heavy atom. The van der Waals surface area contributed by atoms with Crippen LogP contribution in [-0.4, -0.2) is 19.1 Å². The Balaban J connectivity index is 1.42. The molecule has 0 amide bonds. The van der Waals surface area contributed by atoms with Gasteiger partial charge in [0.2, 0.25) is 0 Å². The number of para-hydroxylation sites is 2. The van der Waals surface area contributed by atoms with E-state index in [1.807, 2.05) is 0 Å². The number of unbranched alkanes of at least 4 members (excludes halogenated alkanes) is 6. The van der Waals surface area contributed by atoms with E-state index in [0.29, 0.717) is 0 Å². The average molecular weight is 503 g/mol. The van der Waals surface area contributed by atoms with Crippen molar-refractivity contribution in [3.8, 4) is 11.4 Å². The number of aryl methyl sites for hydroxylation is 2. The summed E-state index contributed by atoms with van der Waals surface area (Å²) in [6, 6.07) is 22.0. The largest absolute Gasteiger partial charge is 0.339 e. The zero-order chi connectivity index (χ0) is 25.9. The molecule has 0 aliphatic rings. The van der Waals surface area contributed by atoms with Gasteiger partial charge < -0.3 is 9.13 Å². The van der Waals surface area contributed by atoms with Gasteiger partial charge in [-0.15, -0.1) is 0 Å². The number of aromatic nitrogens is 4. The number of rotatable bonds is 11. The van der Waals surface area contributed by atoms with Crippen molar-refractivity contribution < 1.29 is 0 Å². The molecule has 0 saturated carbocycles. The summed E-state index contributed by atoms with van der Waals surface area (Å²) >= 11 is 0. The number of pyridine rings is 2. The molecule has 0 N–H and O–H groups in total. The Morgan fingerprint density at radius 1 is 0.500 bits per heavy atom. The summed E-state index contributed by atoms with van der Waals surface area (Å²) in [4.78, 5) is 9.90. The molecule has 194 valence electrons. The first kappa shape index (κ1) is 24.7. The maximum absolute atomic E-state index is 4.95. The van der Waals surface area contributed by atoms with Gasteiger partial charge in [-0.3, -0.25) is 9.97 Å². The molecule has 4 aromatic heterocycles. The van der Waals surface area contributed by atoms with E-state index in [-0.39, 0.29) is 0 Å². The lowest BCUT2D eigenvalue weighted by Crippen LogP contribution is -1.99. The molecule has 4 nitrogen and oxygen atoms in total. The monoisotopic (exact) mass is 502 g/mol. The third kappa shape index (κ3) is 4.47. The van der Waals surface area contributed by atoms with Crippen LogP contribution in [0.2, 0.25) is 0 Å². The lowest BCUT2D eigenvalue weighted by atomic mass is 10.1. The predicted octanol–water partition coefficient (Wildman–Crippen LogP) is 9.52. The van der Waals surface area contributed by atoms with E-state index < -0.39 is 0 Å². The van der Waals surface area contributed by atoms with Crippen LogP contribution in [0.25, 0.3) is 55.0 Å². The number of hydrogen-bond donors (Lipinski definition) is 0. The minimum absolute atomic E-state index is 0.938. The van der Waals surface area contributed by atoms with Gasteiger partial charge >= 0.3 is 0 Å². The van der Waals surface area contributed by atoms with Crippen molar-refractivity contribution >= 4 is 43.6 Å². The van der Waals surface area contributed by atoms with Gasteiger partial charge in [0.25, 0.3) is 0 Å². The van der Waals surface area contributed by atoms with Gasteiger partial charge in [0.05, 0.1) is 34.8 Å². The Bertz CT molecular complexity index is 1580. The Kier molecular flexibility index (Phi) is 7.13. The van der Waals surface area contributed by atoms with E-state index in [0.717, 1.165) is 24.5 Å². The number of benzene rings is 2. The van der Waals surface area contributed by atoms with Crippen LogP contribution in [0.5, 0.6) is 0 Å². The van der Waals surface area contributed by atoms with Crippen molar-refractivity contribution in [2.24, 2.45) is 0 Å². The molecule has 0 unspecified atom stereocenters. The highest BCUT2D eigenvalue weighted by Crippen LogP contribution is 2.34. The first-order valence-electron chi connectivity index (χ1n) is 14.5. The molecular formula is C34H38N4. The minimum Gasteiger partial charge on any atom is -0.339 e. The zero-order valence-electron chi connectivity index (χ0n) is 22.8. The van der Waals surface area contributed by atoms with Crippen molar-refractivity contribution in [2.75, 3.05) is 0 Å². The van der Waals surface area contributed by atoms with E-state index in [9.17, 15) is 0 Å². The third-order valence-electron chi connectivity index (χ3n) is 8.05. The molecule has 0 aliphatic carbocycles. The summed E-state index contributed by atoms with van der Waals surface area (Å²) in [6.45, 7) is 6.60. The molecule has 2 aromatic carbocycles. The molecule has 0 spiro atoms. The van der Waals surface area contributed by atoms with Crippen molar-refractivity contribution in [1.82, 2.24) is 19.1 Å². The maximum Gasteiger partial charge on any atom is 0.0894 e. The Labute approximate surface area is 225 Å². The third-order valence-corrected chi connectivity index (χ3v) is 8.05. The minimum atomic E-state index is 0.938. The number of nitrogens with zero attached hydrogens (tertiary/aromatic N) is 4. The lowest BCUT2D eigenvalue weighted by molar-refractivity contribution is 0.602. The molecule has 6 aromatic rings. The van der Waals surface area contributed by atoms with Crippen molar-refractivity contribution in [1.29, 1.82) is 0 Å². The van der Waals surface area contributed by atoms with E-state index in [1.54, 1.807) is 0 Å². The molecule has 38 heavy (non-hydrogen) atoms. The molecule has 0 bridgehead atoms. The van der Waals surface area contributed by atoms with Gasteiger partial charge in [-0.2, -0.15) is 0 Å². The van der Waals surface area contributed by atoms with Crippen molar-refractivity contribution in [2.45, 2.75) is 78.3 Å². The molecule has 0 aliphatic heterocycles. The SMILES string of the molecule is CCCCCCn1c2ccccc2c2cc(-c3cc4c5ccccc5n(CCCCCC)c4cn3)ncc21. The van der Waals surface area contributed by atoms with Gasteiger partial charge in [0, 0.05) is 45.7 Å². The zero-order valence-corrected chi connectivity index (χ0v) is 22.8. The van der Waals surface area contributed by atoms with Crippen LogP contribution in [0, 0.1) is 0 Å². The highest BCUT2D eigenvalue weighted by Gasteiger charge is 2.15. The molecule has 4 heteroatoms. The van der Waals surface area contributed by atoms with Crippen LogP contribution >= 0.6 is 0 Å². The Hall–Kier alpha value is -3.66. The average Bonchev–Trinajstić information content (AvgIpc) is 3.45. The summed E-state index contributed by atoms with van der Waals surface area (Å²) in [5.41, 5.74) is 6.91.